The maximum absolute atomic E-state index is 13.6. The predicted octanol–water partition coefficient (Wildman–Crippen LogP) is 3.28. The van der Waals surface area contributed by atoms with E-state index in [1.54, 1.807) is 0 Å². The molecule has 0 radical (unpaired) electrons. The van der Waals surface area contributed by atoms with E-state index in [1.165, 1.54) is 0 Å². The molecule has 0 heterocycles. The molecule has 2 N–H and O–H groups in total. The molecular weight excluding hydrogens is 252 g/mol. The third-order valence-electron chi connectivity index (χ3n) is 2.60. The van der Waals surface area contributed by atoms with Gasteiger partial charge in [-0.15, -0.1) is 0 Å². The SMILES string of the molecule is O=C(O)c1cc(F)c(NCc2ccccc2)c(F)c1. The molecule has 5 heteroatoms. The Morgan fingerprint density at radius 3 is 2.21 bits per heavy atom. The molecule has 0 aromatic heterocycles. The summed E-state index contributed by atoms with van der Waals surface area (Å²) in [6.07, 6.45) is 0. The van der Waals surface area contributed by atoms with Crippen LogP contribution in [0.4, 0.5) is 14.5 Å². The molecule has 2 aromatic carbocycles. The second-order valence-corrected chi connectivity index (χ2v) is 3.96. The van der Waals surface area contributed by atoms with Gasteiger partial charge in [-0.2, -0.15) is 0 Å². The van der Waals surface area contributed by atoms with Gasteiger partial charge in [0.15, 0.2) is 0 Å². The van der Waals surface area contributed by atoms with Gasteiger partial charge < -0.3 is 10.4 Å². The molecule has 0 spiro atoms. The van der Waals surface area contributed by atoms with Gasteiger partial charge in [0.2, 0.25) is 0 Å². The molecule has 0 saturated heterocycles. The Kier molecular flexibility index (Phi) is 3.75. The van der Waals surface area contributed by atoms with Crippen molar-refractivity contribution in [3.8, 4) is 0 Å². The molecule has 0 aliphatic rings. The Labute approximate surface area is 108 Å². The Morgan fingerprint density at radius 2 is 1.68 bits per heavy atom. The maximum atomic E-state index is 13.6. The largest absolute Gasteiger partial charge is 0.478 e. The summed E-state index contributed by atoms with van der Waals surface area (Å²) in [4.78, 5) is 10.6. The molecule has 0 aliphatic heterocycles. The second kappa shape index (κ2) is 5.48. The van der Waals surface area contributed by atoms with Crippen molar-refractivity contribution in [3.63, 3.8) is 0 Å². The van der Waals surface area contributed by atoms with Crippen LogP contribution >= 0.6 is 0 Å². The molecule has 0 aliphatic carbocycles. The fourth-order valence-corrected chi connectivity index (χ4v) is 1.65. The van der Waals surface area contributed by atoms with Crippen LogP contribution in [-0.2, 0) is 6.54 Å². The summed E-state index contributed by atoms with van der Waals surface area (Å²) in [7, 11) is 0. The van der Waals surface area contributed by atoms with Crippen LogP contribution < -0.4 is 5.32 Å². The van der Waals surface area contributed by atoms with Crippen molar-refractivity contribution >= 4 is 11.7 Å². The number of hydrogen-bond donors (Lipinski definition) is 2. The first-order valence-corrected chi connectivity index (χ1v) is 5.58. The Hall–Kier alpha value is -2.43. The normalized spacial score (nSPS) is 10.2. The molecule has 0 amide bonds. The lowest BCUT2D eigenvalue weighted by Gasteiger charge is -2.09. The van der Waals surface area contributed by atoms with Crippen LogP contribution in [0.1, 0.15) is 15.9 Å². The lowest BCUT2D eigenvalue weighted by atomic mass is 10.1. The fraction of sp³-hybridized carbons (Fsp3) is 0.0714. The second-order valence-electron chi connectivity index (χ2n) is 3.96. The van der Waals surface area contributed by atoms with Crippen LogP contribution in [0, 0.1) is 11.6 Å². The number of carboxylic acids is 1. The van der Waals surface area contributed by atoms with E-state index in [2.05, 4.69) is 5.32 Å². The lowest BCUT2D eigenvalue weighted by molar-refractivity contribution is 0.0696. The zero-order valence-corrected chi connectivity index (χ0v) is 9.86. The van der Waals surface area contributed by atoms with Crippen LogP contribution in [0.15, 0.2) is 42.5 Å². The van der Waals surface area contributed by atoms with E-state index >= 15 is 0 Å². The number of rotatable bonds is 4. The number of aromatic carboxylic acids is 1. The lowest BCUT2D eigenvalue weighted by Crippen LogP contribution is -2.06. The van der Waals surface area contributed by atoms with E-state index in [1.807, 2.05) is 30.3 Å². The first-order valence-electron chi connectivity index (χ1n) is 5.58. The summed E-state index contributed by atoms with van der Waals surface area (Å²) in [6.45, 7) is 0.251. The van der Waals surface area contributed by atoms with Crippen molar-refractivity contribution in [2.24, 2.45) is 0 Å². The Bertz CT molecular complexity index is 577. The highest BCUT2D eigenvalue weighted by Gasteiger charge is 2.14. The van der Waals surface area contributed by atoms with E-state index in [9.17, 15) is 13.6 Å². The van der Waals surface area contributed by atoms with E-state index in [0.29, 0.717) is 0 Å². The molecule has 0 fully saturated rings. The van der Waals surface area contributed by atoms with Crippen LogP contribution in [0.2, 0.25) is 0 Å². The molecule has 2 aromatic rings. The van der Waals surface area contributed by atoms with Gasteiger partial charge in [0.25, 0.3) is 0 Å². The van der Waals surface area contributed by atoms with Gasteiger partial charge in [-0.25, -0.2) is 13.6 Å². The highest BCUT2D eigenvalue weighted by Crippen LogP contribution is 2.21. The minimum absolute atomic E-state index is 0.251. The first-order chi connectivity index (χ1) is 9.08. The summed E-state index contributed by atoms with van der Waals surface area (Å²) in [5.41, 5.74) is 0.123. The highest BCUT2D eigenvalue weighted by molar-refractivity contribution is 5.88. The number of nitrogens with one attached hydrogen (secondary N) is 1. The zero-order valence-electron chi connectivity index (χ0n) is 9.86. The molecule has 0 bridgehead atoms. The minimum atomic E-state index is -1.37. The fourth-order valence-electron chi connectivity index (χ4n) is 1.65. The molecule has 98 valence electrons. The van der Waals surface area contributed by atoms with E-state index in [0.717, 1.165) is 17.7 Å². The predicted molar refractivity (Wildman–Crippen MR) is 67.1 cm³/mol. The van der Waals surface area contributed by atoms with E-state index in [4.69, 9.17) is 5.11 Å². The van der Waals surface area contributed by atoms with Crippen LogP contribution in [0.5, 0.6) is 0 Å². The number of benzene rings is 2. The standard InChI is InChI=1S/C14H11F2NO2/c15-11-6-10(14(18)19)7-12(16)13(11)17-8-9-4-2-1-3-5-9/h1-7,17H,8H2,(H,18,19). The maximum Gasteiger partial charge on any atom is 0.335 e. The zero-order chi connectivity index (χ0) is 13.8. The first kappa shape index (κ1) is 13.0. The number of carboxylic acid groups (broad SMARTS) is 1. The molecule has 0 saturated carbocycles. The van der Waals surface area contributed by atoms with Crippen molar-refractivity contribution in [1.29, 1.82) is 0 Å². The smallest absolute Gasteiger partial charge is 0.335 e. The molecule has 3 nitrogen and oxygen atoms in total. The summed E-state index contributed by atoms with van der Waals surface area (Å²) < 4.78 is 27.2. The third kappa shape index (κ3) is 3.07. The van der Waals surface area contributed by atoms with Crippen molar-refractivity contribution in [1.82, 2.24) is 0 Å². The molecule has 19 heavy (non-hydrogen) atoms. The molecule has 0 atom stereocenters. The van der Waals surface area contributed by atoms with Gasteiger partial charge in [-0.3, -0.25) is 0 Å². The number of anilines is 1. The van der Waals surface area contributed by atoms with Gasteiger partial charge in [-0.05, 0) is 17.7 Å². The summed E-state index contributed by atoms with van der Waals surface area (Å²) in [5, 5.41) is 11.3. The topological polar surface area (TPSA) is 49.3 Å². The van der Waals surface area contributed by atoms with Crippen LogP contribution in [0.3, 0.4) is 0 Å². The van der Waals surface area contributed by atoms with Crippen molar-refractivity contribution in [3.05, 3.63) is 65.2 Å². The van der Waals surface area contributed by atoms with Crippen LogP contribution in [0.25, 0.3) is 0 Å². The van der Waals surface area contributed by atoms with Gasteiger partial charge >= 0.3 is 5.97 Å². The van der Waals surface area contributed by atoms with Crippen molar-refractivity contribution in [2.45, 2.75) is 6.54 Å². The number of hydrogen-bond acceptors (Lipinski definition) is 2. The average Bonchev–Trinajstić information content (AvgIpc) is 2.38. The Morgan fingerprint density at radius 1 is 1.11 bits per heavy atom. The Balaban J connectivity index is 2.19. The van der Waals surface area contributed by atoms with Gasteiger partial charge in [0, 0.05) is 6.54 Å². The summed E-state index contributed by atoms with van der Waals surface area (Å²) in [6, 6.07) is 10.7. The van der Waals surface area contributed by atoms with Gasteiger partial charge in [0.1, 0.15) is 17.3 Å². The average molecular weight is 263 g/mol. The third-order valence-corrected chi connectivity index (χ3v) is 2.60. The van der Waals surface area contributed by atoms with Gasteiger partial charge in [-0.1, -0.05) is 30.3 Å². The summed E-state index contributed by atoms with van der Waals surface area (Å²) in [5.74, 6) is -3.21. The summed E-state index contributed by atoms with van der Waals surface area (Å²) >= 11 is 0. The number of halogens is 2. The monoisotopic (exact) mass is 263 g/mol. The van der Waals surface area contributed by atoms with E-state index in [-0.39, 0.29) is 12.2 Å². The molecule has 2 rings (SSSR count). The van der Waals surface area contributed by atoms with Gasteiger partial charge in [0.05, 0.1) is 5.56 Å². The van der Waals surface area contributed by atoms with E-state index < -0.39 is 23.2 Å². The molecular formula is C14H11F2NO2. The van der Waals surface area contributed by atoms with Crippen LogP contribution in [-0.4, -0.2) is 11.1 Å². The minimum Gasteiger partial charge on any atom is -0.478 e. The quantitative estimate of drug-likeness (QED) is 0.890. The highest BCUT2D eigenvalue weighted by atomic mass is 19.1. The number of carbonyl (C=O) groups is 1. The van der Waals surface area contributed by atoms with Crippen molar-refractivity contribution in [2.75, 3.05) is 5.32 Å². The van der Waals surface area contributed by atoms with Crippen molar-refractivity contribution < 1.29 is 18.7 Å². The molecule has 0 unspecified atom stereocenters.